The summed E-state index contributed by atoms with van der Waals surface area (Å²) in [6, 6.07) is 23.6. The topological polar surface area (TPSA) is 86.0 Å². The number of benzene rings is 3. The van der Waals surface area contributed by atoms with Crippen LogP contribution in [0, 0.1) is 0 Å². The first kappa shape index (κ1) is 22.4. The molecule has 0 spiro atoms. The minimum atomic E-state index is -0.719. The molecule has 1 aromatic heterocycles. The van der Waals surface area contributed by atoms with E-state index in [-0.39, 0.29) is 11.8 Å². The molecule has 4 rings (SSSR count). The number of H-pyrrole nitrogens is 1. The summed E-state index contributed by atoms with van der Waals surface area (Å²) in [6.07, 6.45) is 1.96. The van der Waals surface area contributed by atoms with Gasteiger partial charge in [0, 0.05) is 40.3 Å². The molecule has 6 nitrogen and oxygen atoms in total. The van der Waals surface area contributed by atoms with Crippen LogP contribution in [-0.2, 0) is 4.79 Å². The number of aromatic nitrogens is 1. The highest BCUT2D eigenvalue weighted by Gasteiger charge is 2.23. The van der Waals surface area contributed by atoms with Crippen molar-refractivity contribution in [2.45, 2.75) is 18.9 Å². The summed E-state index contributed by atoms with van der Waals surface area (Å²) in [5.74, 6) is -0.445. The van der Waals surface area contributed by atoms with Crippen molar-refractivity contribution in [2.75, 3.05) is 11.9 Å². The quantitative estimate of drug-likeness (QED) is 0.302. The second-order valence-corrected chi connectivity index (χ2v) is 8.20. The molecule has 2 atom stereocenters. The summed E-state index contributed by atoms with van der Waals surface area (Å²) < 4.78 is 0. The molecule has 0 saturated carbocycles. The lowest BCUT2D eigenvalue weighted by Crippen LogP contribution is -2.47. The zero-order chi connectivity index (χ0) is 23.2. The SMILES string of the molecule is CC(NC(=O)Nc1ccccc1)C(=O)NCC(c1ccccc1Cl)c1c[nH]c2ccccc12. The number of para-hydroxylation sites is 2. The van der Waals surface area contributed by atoms with Crippen molar-refractivity contribution in [1.82, 2.24) is 15.6 Å². The van der Waals surface area contributed by atoms with E-state index in [1.807, 2.05) is 72.9 Å². The van der Waals surface area contributed by atoms with Crippen LogP contribution in [0.1, 0.15) is 24.0 Å². The highest BCUT2D eigenvalue weighted by molar-refractivity contribution is 6.31. The molecule has 0 aliphatic carbocycles. The van der Waals surface area contributed by atoms with Gasteiger partial charge < -0.3 is 20.9 Å². The number of fused-ring (bicyclic) bond motifs is 1. The van der Waals surface area contributed by atoms with Crippen LogP contribution in [0.4, 0.5) is 10.5 Å². The van der Waals surface area contributed by atoms with Gasteiger partial charge in [-0.2, -0.15) is 0 Å². The van der Waals surface area contributed by atoms with Crippen molar-refractivity contribution in [3.05, 3.63) is 101 Å². The Bertz CT molecular complexity index is 1260. The van der Waals surface area contributed by atoms with Crippen LogP contribution in [0.3, 0.4) is 0 Å². The first-order valence-electron chi connectivity index (χ1n) is 10.7. The maximum atomic E-state index is 12.8. The third-order valence-electron chi connectivity index (χ3n) is 5.53. The molecule has 0 saturated heterocycles. The van der Waals surface area contributed by atoms with E-state index in [0.717, 1.165) is 22.0 Å². The lowest BCUT2D eigenvalue weighted by atomic mass is 9.90. The normalized spacial score (nSPS) is 12.7. The molecule has 3 aromatic carbocycles. The van der Waals surface area contributed by atoms with Crippen LogP contribution in [0.2, 0.25) is 5.02 Å². The van der Waals surface area contributed by atoms with Crippen molar-refractivity contribution in [3.63, 3.8) is 0 Å². The van der Waals surface area contributed by atoms with Crippen LogP contribution in [0.25, 0.3) is 10.9 Å². The van der Waals surface area contributed by atoms with E-state index >= 15 is 0 Å². The molecule has 0 aliphatic rings. The van der Waals surface area contributed by atoms with E-state index in [0.29, 0.717) is 17.3 Å². The maximum Gasteiger partial charge on any atom is 0.319 e. The minimum Gasteiger partial charge on any atom is -0.361 e. The van der Waals surface area contributed by atoms with E-state index in [1.165, 1.54) is 0 Å². The number of rotatable bonds is 7. The van der Waals surface area contributed by atoms with E-state index in [1.54, 1.807) is 19.1 Å². The number of halogens is 1. The lowest BCUT2D eigenvalue weighted by Gasteiger charge is -2.21. The number of carbonyl (C=O) groups excluding carboxylic acids is 2. The van der Waals surface area contributed by atoms with Crippen molar-refractivity contribution < 1.29 is 9.59 Å². The van der Waals surface area contributed by atoms with Gasteiger partial charge in [0.15, 0.2) is 0 Å². The van der Waals surface area contributed by atoms with Crippen molar-refractivity contribution in [3.8, 4) is 0 Å². The van der Waals surface area contributed by atoms with Gasteiger partial charge in [-0.1, -0.05) is 66.2 Å². The Hall–Kier alpha value is -3.77. The largest absolute Gasteiger partial charge is 0.361 e. The third kappa shape index (κ3) is 5.35. The monoisotopic (exact) mass is 460 g/mol. The van der Waals surface area contributed by atoms with Crippen molar-refractivity contribution in [2.24, 2.45) is 0 Å². The van der Waals surface area contributed by atoms with Crippen LogP contribution in [0.15, 0.2) is 85.1 Å². The number of hydrogen-bond acceptors (Lipinski definition) is 2. The predicted molar refractivity (Wildman–Crippen MR) is 133 cm³/mol. The Morgan fingerprint density at radius 1 is 0.909 bits per heavy atom. The molecule has 0 fully saturated rings. The van der Waals surface area contributed by atoms with Gasteiger partial charge in [-0.15, -0.1) is 0 Å². The Morgan fingerprint density at radius 3 is 2.39 bits per heavy atom. The fraction of sp³-hybridized carbons (Fsp3) is 0.154. The lowest BCUT2D eigenvalue weighted by molar-refractivity contribution is -0.122. The fourth-order valence-electron chi connectivity index (χ4n) is 3.83. The zero-order valence-corrected chi connectivity index (χ0v) is 18.9. The summed E-state index contributed by atoms with van der Waals surface area (Å²) in [4.78, 5) is 28.3. The highest BCUT2D eigenvalue weighted by Crippen LogP contribution is 2.34. The van der Waals surface area contributed by atoms with Gasteiger partial charge >= 0.3 is 6.03 Å². The van der Waals surface area contributed by atoms with E-state index in [2.05, 4.69) is 20.9 Å². The van der Waals surface area contributed by atoms with Gasteiger partial charge in [-0.05, 0) is 42.3 Å². The summed E-state index contributed by atoms with van der Waals surface area (Å²) in [5.41, 5.74) is 3.64. The second kappa shape index (κ2) is 10.2. The number of amides is 3. The molecular formula is C26H25ClN4O2. The number of carbonyl (C=O) groups is 2. The third-order valence-corrected chi connectivity index (χ3v) is 5.87. The van der Waals surface area contributed by atoms with Gasteiger partial charge in [-0.25, -0.2) is 4.79 Å². The highest BCUT2D eigenvalue weighted by atomic mass is 35.5. The van der Waals surface area contributed by atoms with E-state index in [9.17, 15) is 9.59 Å². The average Bonchev–Trinajstić information content (AvgIpc) is 3.25. The fourth-order valence-corrected chi connectivity index (χ4v) is 4.10. The number of anilines is 1. The van der Waals surface area contributed by atoms with Crippen LogP contribution >= 0.6 is 11.6 Å². The first-order valence-corrected chi connectivity index (χ1v) is 11.1. The van der Waals surface area contributed by atoms with Gasteiger partial charge in [0.05, 0.1) is 0 Å². The first-order chi connectivity index (χ1) is 16.0. The molecule has 7 heteroatoms. The van der Waals surface area contributed by atoms with Crippen molar-refractivity contribution in [1.29, 1.82) is 0 Å². The minimum absolute atomic E-state index is 0.163. The van der Waals surface area contributed by atoms with Gasteiger partial charge in [0.1, 0.15) is 6.04 Å². The van der Waals surface area contributed by atoms with Crippen molar-refractivity contribution >= 4 is 40.1 Å². The molecule has 4 N–H and O–H groups in total. The Balaban J connectivity index is 1.47. The number of aromatic amines is 1. The van der Waals surface area contributed by atoms with Gasteiger partial charge in [0.2, 0.25) is 5.91 Å². The van der Waals surface area contributed by atoms with Gasteiger partial charge in [-0.3, -0.25) is 4.79 Å². The number of hydrogen-bond donors (Lipinski definition) is 4. The molecule has 168 valence electrons. The van der Waals surface area contributed by atoms with E-state index in [4.69, 9.17) is 11.6 Å². The van der Waals surface area contributed by atoms with E-state index < -0.39 is 12.1 Å². The summed E-state index contributed by atoms with van der Waals surface area (Å²) in [5, 5.41) is 10.1. The zero-order valence-electron chi connectivity index (χ0n) is 18.1. The number of nitrogens with one attached hydrogen (secondary N) is 4. The molecule has 2 unspecified atom stereocenters. The molecule has 0 radical (unpaired) electrons. The molecule has 0 aliphatic heterocycles. The maximum absolute atomic E-state index is 12.8. The molecule has 4 aromatic rings. The Kier molecular flexibility index (Phi) is 6.95. The molecular weight excluding hydrogens is 436 g/mol. The standard InChI is InChI=1S/C26H25ClN4O2/c1-17(30-26(33)31-18-9-3-2-4-10-18)25(32)29-16-21(19-11-5-7-13-23(19)27)22-15-28-24-14-8-6-12-20(22)24/h2-15,17,21,28H,16H2,1H3,(H,29,32)(H2,30,31,33). The molecule has 3 amide bonds. The second-order valence-electron chi connectivity index (χ2n) is 7.80. The molecule has 33 heavy (non-hydrogen) atoms. The summed E-state index contributed by atoms with van der Waals surface area (Å²) in [7, 11) is 0. The van der Waals surface area contributed by atoms with Crippen LogP contribution in [0.5, 0.6) is 0 Å². The summed E-state index contributed by atoms with van der Waals surface area (Å²) in [6.45, 7) is 1.98. The Labute approximate surface area is 197 Å². The smallest absolute Gasteiger partial charge is 0.319 e. The van der Waals surface area contributed by atoms with Gasteiger partial charge in [0.25, 0.3) is 0 Å². The average molecular weight is 461 g/mol. The van der Waals surface area contributed by atoms with Crippen LogP contribution in [-0.4, -0.2) is 29.5 Å². The molecule has 1 heterocycles. The summed E-state index contributed by atoms with van der Waals surface area (Å²) >= 11 is 6.52. The number of urea groups is 1. The van der Waals surface area contributed by atoms with Crippen LogP contribution < -0.4 is 16.0 Å². The molecule has 0 bridgehead atoms. The Morgan fingerprint density at radius 2 is 1.61 bits per heavy atom. The predicted octanol–water partition coefficient (Wildman–Crippen LogP) is 5.28.